The summed E-state index contributed by atoms with van der Waals surface area (Å²) in [4.78, 5) is -0.0473. The molecular formula is C11H14F3NO4S. The van der Waals surface area contributed by atoms with Gasteiger partial charge in [0.15, 0.2) is 0 Å². The summed E-state index contributed by atoms with van der Waals surface area (Å²) in [5, 5.41) is 5.03. The van der Waals surface area contributed by atoms with Crippen LogP contribution in [-0.4, -0.2) is 28.0 Å². The van der Waals surface area contributed by atoms with E-state index in [9.17, 15) is 21.6 Å². The van der Waals surface area contributed by atoms with Gasteiger partial charge in [-0.1, -0.05) is 0 Å². The molecule has 0 aliphatic heterocycles. The number of nitrogens with two attached hydrogens (primary N) is 1. The molecule has 0 spiro atoms. The molecule has 0 aromatic heterocycles. The lowest BCUT2D eigenvalue weighted by Crippen LogP contribution is -2.18. The zero-order chi connectivity index (χ0) is 15.6. The summed E-state index contributed by atoms with van der Waals surface area (Å²) in [7, 11) is -3.85. The van der Waals surface area contributed by atoms with Gasteiger partial charge in [-0.25, -0.2) is 13.6 Å². The van der Waals surface area contributed by atoms with E-state index in [1.54, 1.807) is 6.92 Å². The average molecular weight is 313 g/mol. The third kappa shape index (κ3) is 4.66. The number of rotatable bonds is 5. The molecule has 1 aromatic carbocycles. The monoisotopic (exact) mass is 313 g/mol. The topological polar surface area (TPSA) is 78.6 Å². The van der Waals surface area contributed by atoms with E-state index < -0.39 is 23.0 Å². The molecule has 2 N–H and O–H groups in total. The van der Waals surface area contributed by atoms with Crippen LogP contribution in [0.3, 0.4) is 0 Å². The van der Waals surface area contributed by atoms with Gasteiger partial charge in [0, 0.05) is 0 Å². The van der Waals surface area contributed by atoms with Crippen molar-refractivity contribution in [3.63, 3.8) is 0 Å². The van der Waals surface area contributed by atoms with Gasteiger partial charge in [0.05, 0.1) is 11.5 Å². The highest BCUT2D eigenvalue weighted by Crippen LogP contribution is 2.26. The second kappa shape index (κ2) is 5.98. The van der Waals surface area contributed by atoms with Crippen molar-refractivity contribution >= 4 is 10.0 Å². The fourth-order valence-electron chi connectivity index (χ4n) is 1.54. The van der Waals surface area contributed by atoms with Crippen molar-refractivity contribution < 1.29 is 31.1 Å². The van der Waals surface area contributed by atoms with E-state index in [1.807, 2.05) is 0 Å². The molecule has 0 saturated heterocycles. The smallest absolute Gasteiger partial charge is 0.491 e. The van der Waals surface area contributed by atoms with Crippen molar-refractivity contribution in [2.45, 2.75) is 25.1 Å². The first-order chi connectivity index (χ1) is 9.02. The van der Waals surface area contributed by atoms with Crippen molar-refractivity contribution in [3.8, 4) is 5.75 Å². The van der Waals surface area contributed by atoms with Gasteiger partial charge >= 0.3 is 6.36 Å². The third-order valence-corrected chi connectivity index (χ3v) is 3.66. The van der Waals surface area contributed by atoms with Crippen LogP contribution >= 0.6 is 0 Å². The molecule has 0 bridgehead atoms. The van der Waals surface area contributed by atoms with Crippen molar-refractivity contribution in [2.75, 3.05) is 13.2 Å². The van der Waals surface area contributed by atoms with E-state index in [0.717, 1.165) is 0 Å². The number of alkyl halides is 3. The van der Waals surface area contributed by atoms with Crippen LogP contribution in [0.15, 0.2) is 17.0 Å². The molecule has 1 rings (SSSR count). The van der Waals surface area contributed by atoms with Crippen LogP contribution in [0.5, 0.6) is 5.75 Å². The minimum Gasteiger partial charge on any atom is -0.491 e. The summed E-state index contributed by atoms with van der Waals surface area (Å²) in [6.45, 7) is 2.16. The quantitative estimate of drug-likeness (QED) is 0.842. The van der Waals surface area contributed by atoms with Crippen molar-refractivity contribution in [3.05, 3.63) is 23.3 Å². The molecule has 5 nitrogen and oxygen atoms in total. The summed E-state index contributed by atoms with van der Waals surface area (Å²) in [5.74, 6) is 0.278. The van der Waals surface area contributed by atoms with Gasteiger partial charge in [-0.2, -0.15) is 0 Å². The number of hydrogen-bond donors (Lipinski definition) is 1. The van der Waals surface area contributed by atoms with E-state index >= 15 is 0 Å². The lowest BCUT2D eigenvalue weighted by Gasteiger charge is -2.14. The maximum absolute atomic E-state index is 11.8. The molecule has 0 radical (unpaired) electrons. The Bertz CT molecular complexity index is 584. The minimum atomic E-state index is -4.70. The highest BCUT2D eigenvalue weighted by molar-refractivity contribution is 7.89. The number of ether oxygens (including phenoxy) is 2. The maximum atomic E-state index is 11.8. The van der Waals surface area contributed by atoms with Gasteiger partial charge in [0.1, 0.15) is 12.4 Å². The predicted octanol–water partition coefficient (Wildman–Crippen LogP) is 1.87. The molecule has 114 valence electrons. The zero-order valence-corrected chi connectivity index (χ0v) is 11.6. The van der Waals surface area contributed by atoms with Crippen LogP contribution in [0, 0.1) is 13.8 Å². The maximum Gasteiger partial charge on any atom is 0.522 e. The second-order valence-corrected chi connectivity index (χ2v) is 5.53. The molecule has 0 amide bonds. The molecule has 0 aliphatic rings. The lowest BCUT2D eigenvalue weighted by atomic mass is 10.1. The molecule has 20 heavy (non-hydrogen) atoms. The first kappa shape index (κ1) is 16.7. The van der Waals surface area contributed by atoms with Crippen LogP contribution in [0.25, 0.3) is 0 Å². The number of sulfonamides is 1. The highest BCUT2D eigenvalue weighted by Gasteiger charge is 2.28. The van der Waals surface area contributed by atoms with E-state index in [1.165, 1.54) is 19.1 Å². The van der Waals surface area contributed by atoms with Gasteiger partial charge in [0.2, 0.25) is 10.0 Å². The number of primary sulfonamides is 1. The number of hydrogen-bond acceptors (Lipinski definition) is 4. The third-order valence-electron chi connectivity index (χ3n) is 2.60. The van der Waals surface area contributed by atoms with Gasteiger partial charge in [-0.3, -0.25) is 4.74 Å². The standard InChI is InChI=1S/C11H14F3NO4S/c1-7-8(2)10(20(15,16)17)4-3-9(7)18-5-6-19-11(12,13)14/h3-4H,5-6H2,1-2H3,(H2,15,16,17). The van der Waals surface area contributed by atoms with Crippen LogP contribution in [0.2, 0.25) is 0 Å². The normalized spacial score (nSPS) is 12.5. The van der Waals surface area contributed by atoms with Crippen LogP contribution in [0.4, 0.5) is 13.2 Å². The summed E-state index contributed by atoms with van der Waals surface area (Å²) >= 11 is 0. The largest absolute Gasteiger partial charge is 0.522 e. The van der Waals surface area contributed by atoms with Gasteiger partial charge in [-0.05, 0) is 37.1 Å². The Kier molecular flexibility index (Phi) is 5.00. The first-order valence-electron chi connectivity index (χ1n) is 5.49. The molecule has 0 saturated carbocycles. The SMILES string of the molecule is Cc1c(OCCOC(F)(F)F)ccc(S(N)(=O)=O)c1C. The molecular weight excluding hydrogens is 299 g/mol. The number of benzene rings is 1. The fraction of sp³-hybridized carbons (Fsp3) is 0.455. The van der Waals surface area contributed by atoms with E-state index in [2.05, 4.69) is 4.74 Å². The zero-order valence-electron chi connectivity index (χ0n) is 10.8. The van der Waals surface area contributed by atoms with Crippen LogP contribution in [-0.2, 0) is 14.8 Å². The number of halogens is 3. The molecule has 0 unspecified atom stereocenters. The Balaban J connectivity index is 2.77. The van der Waals surface area contributed by atoms with Crippen LogP contribution < -0.4 is 9.88 Å². The van der Waals surface area contributed by atoms with Gasteiger partial charge in [-0.15, -0.1) is 13.2 Å². The average Bonchev–Trinajstić information content (AvgIpc) is 2.26. The second-order valence-electron chi connectivity index (χ2n) is 4.00. The summed E-state index contributed by atoms with van der Waals surface area (Å²) in [5.41, 5.74) is 0.880. The first-order valence-corrected chi connectivity index (χ1v) is 7.03. The molecule has 0 heterocycles. The van der Waals surface area contributed by atoms with E-state index in [-0.39, 0.29) is 17.3 Å². The molecule has 0 atom stereocenters. The molecule has 0 fully saturated rings. The summed E-state index contributed by atoms with van der Waals surface area (Å²) in [6, 6.07) is 2.59. The fourth-order valence-corrected chi connectivity index (χ4v) is 2.38. The Labute approximate surface area is 114 Å². The van der Waals surface area contributed by atoms with E-state index in [4.69, 9.17) is 9.88 Å². The molecule has 1 aromatic rings. The Morgan fingerprint density at radius 2 is 1.75 bits per heavy atom. The van der Waals surface area contributed by atoms with Gasteiger partial charge < -0.3 is 4.74 Å². The molecule has 9 heteroatoms. The van der Waals surface area contributed by atoms with Crippen molar-refractivity contribution in [1.29, 1.82) is 0 Å². The summed E-state index contributed by atoms with van der Waals surface area (Å²) in [6.07, 6.45) is -4.70. The van der Waals surface area contributed by atoms with Gasteiger partial charge in [0.25, 0.3) is 0 Å². The highest BCUT2D eigenvalue weighted by atomic mass is 32.2. The van der Waals surface area contributed by atoms with E-state index in [0.29, 0.717) is 11.1 Å². The Morgan fingerprint density at radius 1 is 1.15 bits per heavy atom. The summed E-state index contributed by atoms with van der Waals surface area (Å²) < 4.78 is 66.5. The van der Waals surface area contributed by atoms with Crippen molar-refractivity contribution in [2.24, 2.45) is 5.14 Å². The Morgan fingerprint density at radius 3 is 2.25 bits per heavy atom. The minimum absolute atomic E-state index is 0.0473. The Hall–Kier alpha value is -1.32. The van der Waals surface area contributed by atoms with Crippen LogP contribution in [0.1, 0.15) is 11.1 Å². The lowest BCUT2D eigenvalue weighted by molar-refractivity contribution is -0.325. The predicted molar refractivity (Wildman–Crippen MR) is 64.8 cm³/mol. The molecule has 0 aliphatic carbocycles. The van der Waals surface area contributed by atoms with Crippen molar-refractivity contribution in [1.82, 2.24) is 0 Å².